The summed E-state index contributed by atoms with van der Waals surface area (Å²) in [5.41, 5.74) is 1.08. The topological polar surface area (TPSA) is 67.4 Å². The zero-order chi connectivity index (χ0) is 16.4. The summed E-state index contributed by atoms with van der Waals surface area (Å²) < 4.78 is 5.52. The zero-order valence-corrected chi connectivity index (χ0v) is 13.6. The van der Waals surface area contributed by atoms with Crippen LogP contribution < -0.4 is 15.4 Å². The molecule has 0 aliphatic rings. The fourth-order valence-corrected chi connectivity index (χ4v) is 1.98. The van der Waals surface area contributed by atoms with Gasteiger partial charge in [-0.2, -0.15) is 0 Å². The highest BCUT2D eigenvalue weighted by atomic mass is 16.5. The second-order valence-corrected chi connectivity index (χ2v) is 5.55. The van der Waals surface area contributed by atoms with Crippen molar-refractivity contribution in [1.29, 1.82) is 0 Å². The average Bonchev–Trinajstić information content (AvgIpc) is 2.49. The van der Waals surface area contributed by atoms with Crippen LogP contribution in [0.25, 0.3) is 0 Å². The molecule has 0 aliphatic heterocycles. The maximum atomic E-state index is 11.7. The predicted octanol–water partition coefficient (Wildman–Crippen LogP) is 1.91. The molecule has 22 heavy (non-hydrogen) atoms. The molecule has 5 nitrogen and oxygen atoms in total. The molecule has 0 aliphatic carbocycles. The molecule has 1 rings (SSSR count). The lowest BCUT2D eigenvalue weighted by Gasteiger charge is -2.11. The first kappa shape index (κ1) is 18.0. The van der Waals surface area contributed by atoms with Crippen LogP contribution >= 0.6 is 0 Å². The first-order valence-corrected chi connectivity index (χ1v) is 7.77. The van der Waals surface area contributed by atoms with E-state index in [0.29, 0.717) is 25.4 Å². The smallest absolute Gasteiger partial charge is 0.258 e. The molecule has 0 atom stereocenters. The predicted molar refractivity (Wildman–Crippen MR) is 86.8 cm³/mol. The number of benzene rings is 1. The van der Waals surface area contributed by atoms with Gasteiger partial charge < -0.3 is 15.4 Å². The highest BCUT2D eigenvalue weighted by Crippen LogP contribution is 2.17. The Balaban J connectivity index is 2.20. The van der Waals surface area contributed by atoms with Gasteiger partial charge in [-0.15, -0.1) is 0 Å². The molecule has 0 radical (unpaired) electrons. The quantitative estimate of drug-likeness (QED) is 0.685. The Hall–Kier alpha value is -2.04. The third kappa shape index (κ3) is 7.11. The van der Waals surface area contributed by atoms with E-state index in [0.717, 1.165) is 17.7 Å². The Bertz CT molecular complexity index is 487. The first-order chi connectivity index (χ1) is 10.5. The summed E-state index contributed by atoms with van der Waals surface area (Å²) in [6.07, 6.45) is 1.37. The number of hydrogen-bond acceptors (Lipinski definition) is 3. The van der Waals surface area contributed by atoms with E-state index in [4.69, 9.17) is 4.74 Å². The van der Waals surface area contributed by atoms with Crippen molar-refractivity contribution in [3.8, 4) is 5.75 Å². The molecule has 1 aromatic carbocycles. The molecule has 0 fully saturated rings. The molecule has 0 bridgehead atoms. The first-order valence-electron chi connectivity index (χ1n) is 7.77. The standard InChI is InChI=1S/C17H26N2O3/c1-4-14-7-5-6-8-15(14)22-12-17(21)19-10-9-18-16(20)11-13(2)3/h5-8,13H,4,9-12H2,1-3H3,(H,18,20)(H,19,21). The van der Waals surface area contributed by atoms with Crippen molar-refractivity contribution in [1.82, 2.24) is 10.6 Å². The number of para-hydroxylation sites is 1. The van der Waals surface area contributed by atoms with E-state index >= 15 is 0 Å². The minimum Gasteiger partial charge on any atom is -0.483 e. The van der Waals surface area contributed by atoms with E-state index in [1.54, 1.807) is 0 Å². The van der Waals surface area contributed by atoms with Crippen molar-refractivity contribution in [3.05, 3.63) is 29.8 Å². The second kappa shape index (κ2) is 9.82. The molecule has 1 aromatic rings. The maximum absolute atomic E-state index is 11.7. The number of rotatable bonds is 9. The van der Waals surface area contributed by atoms with Gasteiger partial charge in [-0.05, 0) is 24.0 Å². The lowest BCUT2D eigenvalue weighted by atomic mass is 10.1. The van der Waals surface area contributed by atoms with Gasteiger partial charge in [0.05, 0.1) is 0 Å². The van der Waals surface area contributed by atoms with Crippen LogP contribution in [0.2, 0.25) is 0 Å². The van der Waals surface area contributed by atoms with Crippen molar-refractivity contribution < 1.29 is 14.3 Å². The molecular formula is C17H26N2O3. The van der Waals surface area contributed by atoms with Crippen LogP contribution in [-0.2, 0) is 16.0 Å². The lowest BCUT2D eigenvalue weighted by Crippen LogP contribution is -2.37. The molecule has 122 valence electrons. The number of ether oxygens (including phenoxy) is 1. The van der Waals surface area contributed by atoms with Gasteiger partial charge in [0, 0.05) is 19.5 Å². The molecule has 0 aromatic heterocycles. The summed E-state index contributed by atoms with van der Waals surface area (Å²) in [4.78, 5) is 23.1. The summed E-state index contributed by atoms with van der Waals surface area (Å²) in [7, 11) is 0. The normalized spacial score (nSPS) is 10.4. The Labute approximate surface area is 132 Å². The maximum Gasteiger partial charge on any atom is 0.258 e. The van der Waals surface area contributed by atoms with Crippen molar-refractivity contribution in [2.75, 3.05) is 19.7 Å². The Kier molecular flexibility index (Phi) is 8.04. The van der Waals surface area contributed by atoms with Crippen molar-refractivity contribution in [2.24, 2.45) is 5.92 Å². The van der Waals surface area contributed by atoms with E-state index in [1.807, 2.05) is 45.0 Å². The van der Waals surface area contributed by atoms with Crippen LogP contribution in [0.15, 0.2) is 24.3 Å². The summed E-state index contributed by atoms with van der Waals surface area (Å²) >= 11 is 0. The van der Waals surface area contributed by atoms with E-state index in [-0.39, 0.29) is 18.4 Å². The van der Waals surface area contributed by atoms with Crippen molar-refractivity contribution >= 4 is 11.8 Å². The largest absolute Gasteiger partial charge is 0.483 e. The Morgan fingerprint density at radius 2 is 1.73 bits per heavy atom. The number of amides is 2. The van der Waals surface area contributed by atoms with Crippen LogP contribution in [0.3, 0.4) is 0 Å². The Morgan fingerprint density at radius 1 is 1.09 bits per heavy atom. The van der Waals surface area contributed by atoms with Gasteiger partial charge >= 0.3 is 0 Å². The minimum atomic E-state index is -0.191. The molecule has 2 amide bonds. The van der Waals surface area contributed by atoms with Crippen molar-refractivity contribution in [3.63, 3.8) is 0 Å². The van der Waals surface area contributed by atoms with Gasteiger partial charge in [0.2, 0.25) is 5.91 Å². The molecule has 0 saturated heterocycles. The number of hydrogen-bond donors (Lipinski definition) is 2. The highest BCUT2D eigenvalue weighted by Gasteiger charge is 2.06. The highest BCUT2D eigenvalue weighted by molar-refractivity contribution is 5.78. The van der Waals surface area contributed by atoms with E-state index < -0.39 is 0 Å². The average molecular weight is 306 g/mol. The SMILES string of the molecule is CCc1ccccc1OCC(=O)NCCNC(=O)CC(C)C. The number of carbonyl (C=O) groups excluding carboxylic acids is 2. The number of aryl methyl sites for hydroxylation is 1. The van der Waals surface area contributed by atoms with Gasteiger partial charge in [0.25, 0.3) is 5.91 Å². The molecular weight excluding hydrogens is 280 g/mol. The molecule has 5 heteroatoms. The van der Waals surface area contributed by atoms with Crippen LogP contribution in [-0.4, -0.2) is 31.5 Å². The molecule has 0 unspecified atom stereocenters. The summed E-state index contributed by atoms with van der Waals surface area (Å²) in [5.74, 6) is 0.897. The van der Waals surface area contributed by atoms with Gasteiger partial charge in [0.1, 0.15) is 5.75 Å². The third-order valence-electron chi connectivity index (χ3n) is 3.08. The summed E-state index contributed by atoms with van der Waals surface area (Å²) in [6.45, 7) is 6.85. The lowest BCUT2D eigenvalue weighted by molar-refractivity contribution is -0.124. The minimum absolute atomic E-state index is 0.0115. The summed E-state index contributed by atoms with van der Waals surface area (Å²) in [6, 6.07) is 7.68. The fraction of sp³-hybridized carbons (Fsp3) is 0.529. The Morgan fingerprint density at radius 3 is 2.36 bits per heavy atom. The van der Waals surface area contributed by atoms with Crippen LogP contribution in [0.4, 0.5) is 0 Å². The second-order valence-electron chi connectivity index (χ2n) is 5.55. The monoisotopic (exact) mass is 306 g/mol. The van der Waals surface area contributed by atoms with E-state index in [9.17, 15) is 9.59 Å². The van der Waals surface area contributed by atoms with Crippen LogP contribution in [0.1, 0.15) is 32.8 Å². The molecule has 0 saturated carbocycles. The van der Waals surface area contributed by atoms with Crippen molar-refractivity contribution in [2.45, 2.75) is 33.6 Å². The van der Waals surface area contributed by atoms with Crippen LogP contribution in [0, 0.1) is 5.92 Å². The molecule has 2 N–H and O–H groups in total. The van der Waals surface area contributed by atoms with E-state index in [2.05, 4.69) is 10.6 Å². The zero-order valence-electron chi connectivity index (χ0n) is 13.6. The third-order valence-corrected chi connectivity index (χ3v) is 3.08. The van der Waals surface area contributed by atoms with E-state index in [1.165, 1.54) is 0 Å². The summed E-state index contributed by atoms with van der Waals surface area (Å²) in [5, 5.41) is 5.49. The molecule has 0 spiro atoms. The van der Waals surface area contributed by atoms with Gasteiger partial charge in [0.15, 0.2) is 6.61 Å². The molecule has 0 heterocycles. The number of nitrogens with one attached hydrogen (secondary N) is 2. The number of carbonyl (C=O) groups is 2. The van der Waals surface area contributed by atoms with Crippen LogP contribution in [0.5, 0.6) is 5.75 Å². The van der Waals surface area contributed by atoms with Gasteiger partial charge in [-0.25, -0.2) is 0 Å². The van der Waals surface area contributed by atoms with Gasteiger partial charge in [-0.3, -0.25) is 9.59 Å². The fourth-order valence-electron chi connectivity index (χ4n) is 1.98. The van der Waals surface area contributed by atoms with Gasteiger partial charge in [-0.1, -0.05) is 39.0 Å².